The number of amides is 1. The molecule has 1 aromatic carbocycles. The second kappa shape index (κ2) is 6.66. The summed E-state index contributed by atoms with van der Waals surface area (Å²) in [6, 6.07) is 10.2. The number of imidazole rings is 1. The molecule has 1 atom stereocenters. The van der Waals surface area contributed by atoms with Crippen LogP contribution in [0, 0.1) is 0 Å². The number of carbonyl (C=O) groups excluding carboxylic acids is 1. The van der Waals surface area contributed by atoms with Crippen molar-refractivity contribution in [2.75, 3.05) is 0 Å². The van der Waals surface area contributed by atoms with E-state index in [0.717, 1.165) is 17.5 Å². The molecule has 0 aliphatic carbocycles. The van der Waals surface area contributed by atoms with Gasteiger partial charge in [-0.2, -0.15) is 5.10 Å². The monoisotopic (exact) mass is 325 g/mol. The van der Waals surface area contributed by atoms with Gasteiger partial charge in [0.1, 0.15) is 11.5 Å². The summed E-state index contributed by atoms with van der Waals surface area (Å²) in [5, 5.41) is 6.96. The van der Waals surface area contributed by atoms with Crippen molar-refractivity contribution in [3.63, 3.8) is 0 Å². The van der Waals surface area contributed by atoms with Crippen molar-refractivity contribution < 1.29 is 4.79 Å². The van der Waals surface area contributed by atoms with E-state index in [0.29, 0.717) is 12.4 Å². The molecule has 0 saturated heterocycles. The Morgan fingerprint density at radius 1 is 1.29 bits per heavy atom. The molecule has 2 heterocycles. The van der Waals surface area contributed by atoms with Gasteiger partial charge in [0, 0.05) is 12.6 Å². The molecular weight excluding hydrogens is 306 g/mol. The van der Waals surface area contributed by atoms with Gasteiger partial charge in [-0.05, 0) is 31.5 Å². The standard InChI is InChI=1S/C17H19N5O2/c1-3-10-22-15(23)9-8-14(21-22)17(24)18-11(2)16-19-12-6-4-5-7-13(12)20-16/h4-9,11H,3,10H2,1-2H3,(H,18,24)(H,19,20). The van der Waals surface area contributed by atoms with E-state index < -0.39 is 0 Å². The quantitative estimate of drug-likeness (QED) is 0.750. The Morgan fingerprint density at radius 3 is 2.83 bits per heavy atom. The van der Waals surface area contributed by atoms with Gasteiger partial charge in [-0.15, -0.1) is 0 Å². The van der Waals surface area contributed by atoms with E-state index in [1.54, 1.807) is 0 Å². The van der Waals surface area contributed by atoms with E-state index in [2.05, 4.69) is 20.4 Å². The van der Waals surface area contributed by atoms with Crippen LogP contribution in [0.5, 0.6) is 0 Å². The van der Waals surface area contributed by atoms with E-state index in [4.69, 9.17) is 0 Å². The van der Waals surface area contributed by atoms with E-state index >= 15 is 0 Å². The second-order valence-corrected chi connectivity index (χ2v) is 5.61. The number of carbonyl (C=O) groups is 1. The van der Waals surface area contributed by atoms with Gasteiger partial charge in [-0.3, -0.25) is 9.59 Å². The van der Waals surface area contributed by atoms with Crippen molar-refractivity contribution in [3.05, 3.63) is 58.3 Å². The van der Waals surface area contributed by atoms with Crippen molar-refractivity contribution in [3.8, 4) is 0 Å². The molecule has 0 saturated carbocycles. The average molecular weight is 325 g/mol. The average Bonchev–Trinajstić information content (AvgIpc) is 3.01. The predicted molar refractivity (Wildman–Crippen MR) is 90.8 cm³/mol. The smallest absolute Gasteiger partial charge is 0.272 e. The lowest BCUT2D eigenvalue weighted by atomic mass is 10.3. The number of hydrogen-bond donors (Lipinski definition) is 2. The van der Waals surface area contributed by atoms with Crippen molar-refractivity contribution in [1.29, 1.82) is 0 Å². The first-order chi connectivity index (χ1) is 11.6. The third-order valence-electron chi connectivity index (χ3n) is 3.70. The number of rotatable bonds is 5. The van der Waals surface area contributed by atoms with Crippen molar-refractivity contribution in [2.24, 2.45) is 0 Å². The minimum absolute atomic E-state index is 0.210. The van der Waals surface area contributed by atoms with Crippen LogP contribution in [0.15, 0.2) is 41.2 Å². The summed E-state index contributed by atoms with van der Waals surface area (Å²) in [7, 11) is 0. The molecule has 0 spiro atoms. The summed E-state index contributed by atoms with van der Waals surface area (Å²) < 4.78 is 1.31. The third kappa shape index (κ3) is 3.19. The molecule has 2 aromatic heterocycles. The fourth-order valence-electron chi connectivity index (χ4n) is 2.46. The molecule has 2 N–H and O–H groups in total. The highest BCUT2D eigenvalue weighted by molar-refractivity contribution is 5.92. The fraction of sp³-hybridized carbons (Fsp3) is 0.294. The maximum Gasteiger partial charge on any atom is 0.272 e. The number of aryl methyl sites for hydroxylation is 1. The normalized spacial score (nSPS) is 12.2. The first kappa shape index (κ1) is 15.9. The summed E-state index contributed by atoms with van der Waals surface area (Å²) in [6.07, 6.45) is 0.771. The summed E-state index contributed by atoms with van der Waals surface area (Å²) in [4.78, 5) is 31.7. The van der Waals surface area contributed by atoms with Crippen LogP contribution in [0.4, 0.5) is 0 Å². The third-order valence-corrected chi connectivity index (χ3v) is 3.70. The maximum absolute atomic E-state index is 12.4. The minimum Gasteiger partial charge on any atom is -0.341 e. The molecule has 1 unspecified atom stereocenters. The summed E-state index contributed by atoms with van der Waals surface area (Å²) in [5.74, 6) is 0.333. The van der Waals surface area contributed by atoms with Gasteiger partial charge in [0.2, 0.25) is 0 Å². The zero-order valence-electron chi connectivity index (χ0n) is 13.6. The summed E-state index contributed by atoms with van der Waals surface area (Å²) in [6.45, 7) is 4.28. The number of hydrogen-bond acceptors (Lipinski definition) is 4. The molecule has 24 heavy (non-hydrogen) atoms. The lowest BCUT2D eigenvalue weighted by Crippen LogP contribution is -2.31. The molecule has 3 rings (SSSR count). The van der Waals surface area contributed by atoms with Gasteiger partial charge in [0.15, 0.2) is 0 Å². The van der Waals surface area contributed by atoms with Crippen LogP contribution in [0.25, 0.3) is 11.0 Å². The summed E-state index contributed by atoms with van der Waals surface area (Å²) in [5.41, 5.74) is 1.77. The Hall–Kier alpha value is -2.96. The highest BCUT2D eigenvalue weighted by atomic mass is 16.2. The molecular formula is C17H19N5O2. The van der Waals surface area contributed by atoms with Gasteiger partial charge in [-0.1, -0.05) is 19.1 Å². The largest absolute Gasteiger partial charge is 0.341 e. The SMILES string of the molecule is CCCn1nc(C(=O)NC(C)c2nc3ccccc3[nH]2)ccc1=O. The zero-order valence-corrected chi connectivity index (χ0v) is 13.6. The zero-order chi connectivity index (χ0) is 17.1. The van der Waals surface area contributed by atoms with E-state index in [1.807, 2.05) is 38.1 Å². The van der Waals surface area contributed by atoms with Gasteiger partial charge in [0.25, 0.3) is 11.5 Å². The van der Waals surface area contributed by atoms with Crippen molar-refractivity contribution >= 4 is 16.9 Å². The number of nitrogens with one attached hydrogen (secondary N) is 2. The lowest BCUT2D eigenvalue weighted by molar-refractivity contribution is 0.0930. The van der Waals surface area contributed by atoms with Crippen LogP contribution < -0.4 is 10.9 Å². The van der Waals surface area contributed by atoms with E-state index in [1.165, 1.54) is 16.8 Å². The number of benzene rings is 1. The first-order valence-corrected chi connectivity index (χ1v) is 7.92. The van der Waals surface area contributed by atoms with Gasteiger partial charge in [0.05, 0.1) is 17.1 Å². The Bertz CT molecular complexity index is 895. The van der Waals surface area contributed by atoms with Gasteiger partial charge in [-0.25, -0.2) is 9.67 Å². The predicted octanol–water partition coefficient (Wildman–Crippen LogP) is 2.02. The second-order valence-electron chi connectivity index (χ2n) is 5.61. The number of nitrogens with zero attached hydrogens (tertiary/aromatic N) is 3. The Kier molecular flexibility index (Phi) is 4.41. The van der Waals surface area contributed by atoms with Crippen molar-refractivity contribution in [1.82, 2.24) is 25.1 Å². The number of aromatic nitrogens is 4. The lowest BCUT2D eigenvalue weighted by Gasteiger charge is -2.11. The molecule has 0 fully saturated rings. The molecule has 7 heteroatoms. The molecule has 0 aliphatic rings. The molecule has 0 bridgehead atoms. The van der Waals surface area contributed by atoms with Crippen LogP contribution in [0.3, 0.4) is 0 Å². The van der Waals surface area contributed by atoms with Gasteiger partial charge >= 0.3 is 0 Å². The first-order valence-electron chi connectivity index (χ1n) is 7.92. The van der Waals surface area contributed by atoms with E-state index in [9.17, 15) is 9.59 Å². The Labute approximate surface area is 138 Å². The van der Waals surface area contributed by atoms with Crippen LogP contribution in [0.1, 0.15) is 42.6 Å². The van der Waals surface area contributed by atoms with Crippen LogP contribution >= 0.6 is 0 Å². The number of para-hydroxylation sites is 2. The minimum atomic E-state index is -0.340. The molecule has 124 valence electrons. The molecule has 0 radical (unpaired) electrons. The van der Waals surface area contributed by atoms with E-state index in [-0.39, 0.29) is 23.2 Å². The van der Waals surface area contributed by atoms with Gasteiger partial charge < -0.3 is 10.3 Å². The van der Waals surface area contributed by atoms with Crippen LogP contribution in [-0.2, 0) is 6.54 Å². The molecule has 0 aliphatic heterocycles. The summed E-state index contributed by atoms with van der Waals surface area (Å²) >= 11 is 0. The number of aromatic amines is 1. The molecule has 1 amide bonds. The topological polar surface area (TPSA) is 92.7 Å². The molecule has 7 nitrogen and oxygen atoms in total. The maximum atomic E-state index is 12.4. The highest BCUT2D eigenvalue weighted by Gasteiger charge is 2.16. The van der Waals surface area contributed by atoms with Crippen LogP contribution in [0.2, 0.25) is 0 Å². The Morgan fingerprint density at radius 2 is 2.08 bits per heavy atom. The fourth-order valence-corrected chi connectivity index (χ4v) is 2.46. The number of fused-ring (bicyclic) bond motifs is 1. The van der Waals surface area contributed by atoms with Crippen LogP contribution in [-0.4, -0.2) is 25.7 Å². The molecule has 3 aromatic rings. The number of H-pyrrole nitrogens is 1. The highest BCUT2D eigenvalue weighted by Crippen LogP contribution is 2.15. The van der Waals surface area contributed by atoms with Crippen molar-refractivity contribution in [2.45, 2.75) is 32.9 Å². The Balaban J connectivity index is 1.78.